The van der Waals surface area contributed by atoms with E-state index < -0.39 is 0 Å². The normalized spacial score (nSPS) is 23.0. The molecular weight excluding hydrogens is 314 g/mol. The zero-order valence-corrected chi connectivity index (χ0v) is 15.2. The third kappa shape index (κ3) is 5.77. The number of phenolic OH excluding ortho intramolecular Hbond substituents is 1. The number of phenols is 1. The van der Waals surface area contributed by atoms with Crippen molar-refractivity contribution >= 4 is 5.97 Å². The Labute approximate surface area is 150 Å². The lowest BCUT2D eigenvalue weighted by atomic mass is 9.71. The minimum atomic E-state index is -0.353. The molecule has 0 radical (unpaired) electrons. The smallest absolute Gasteiger partial charge is 0.338 e. The molecule has 4 nitrogen and oxygen atoms in total. The van der Waals surface area contributed by atoms with E-state index in [9.17, 15) is 15.2 Å². The maximum Gasteiger partial charge on any atom is 0.338 e. The first-order valence-corrected chi connectivity index (χ1v) is 9.50. The predicted octanol–water partition coefficient (Wildman–Crippen LogP) is 5.36. The van der Waals surface area contributed by atoms with Crippen LogP contribution in [-0.2, 0) is 4.74 Å². The van der Waals surface area contributed by atoms with Gasteiger partial charge in [0.1, 0.15) is 11.9 Å². The van der Waals surface area contributed by atoms with E-state index in [2.05, 4.69) is 13.0 Å². The molecule has 0 saturated heterocycles. The third-order valence-corrected chi connectivity index (χ3v) is 5.26. The predicted molar refractivity (Wildman–Crippen MR) is 97.2 cm³/mol. The zero-order chi connectivity index (χ0) is 18.1. The van der Waals surface area contributed by atoms with Crippen molar-refractivity contribution in [3.05, 3.63) is 29.8 Å². The number of carbonyl (C=O) groups excluding carboxylic acids is 1. The summed E-state index contributed by atoms with van der Waals surface area (Å²) in [7, 11) is 0. The summed E-state index contributed by atoms with van der Waals surface area (Å²) in [6.07, 6.45) is 10.1. The molecule has 0 aromatic heterocycles. The van der Waals surface area contributed by atoms with Crippen LogP contribution >= 0.6 is 0 Å². The molecule has 0 bridgehead atoms. The Hall–Kier alpha value is -2.02. The molecule has 1 aromatic rings. The van der Waals surface area contributed by atoms with Crippen LogP contribution in [0.2, 0.25) is 0 Å². The molecule has 25 heavy (non-hydrogen) atoms. The van der Waals surface area contributed by atoms with Gasteiger partial charge >= 0.3 is 5.97 Å². The summed E-state index contributed by atoms with van der Waals surface area (Å²) in [6.45, 7) is 2.21. The zero-order valence-electron chi connectivity index (χ0n) is 15.2. The molecule has 0 aliphatic heterocycles. The molecule has 1 N–H and O–H groups in total. The fraction of sp³-hybridized carbons (Fsp3) is 0.619. The molecule has 136 valence electrons. The highest BCUT2D eigenvalue weighted by atomic mass is 16.5. The molecule has 0 unspecified atom stereocenters. The molecule has 0 heterocycles. The summed E-state index contributed by atoms with van der Waals surface area (Å²) >= 11 is 0. The SMILES string of the molecule is CCCCCCCC1(C#N)CCC(OC(=O)c2ccc(O)cc2)CC1. The number of unbranched alkanes of at least 4 members (excludes halogenated alkanes) is 4. The van der Waals surface area contributed by atoms with Gasteiger partial charge in [0.25, 0.3) is 0 Å². The molecule has 1 aromatic carbocycles. The molecule has 4 heteroatoms. The molecule has 1 aliphatic rings. The maximum absolute atomic E-state index is 12.2. The second-order valence-electron chi connectivity index (χ2n) is 7.21. The van der Waals surface area contributed by atoms with Gasteiger partial charge in [-0.2, -0.15) is 5.26 Å². The summed E-state index contributed by atoms with van der Waals surface area (Å²) in [5, 5.41) is 18.9. The highest BCUT2D eigenvalue weighted by Gasteiger charge is 2.36. The highest BCUT2D eigenvalue weighted by Crippen LogP contribution is 2.41. The quantitative estimate of drug-likeness (QED) is 0.509. The fourth-order valence-electron chi connectivity index (χ4n) is 3.56. The van der Waals surface area contributed by atoms with Crippen LogP contribution in [0.5, 0.6) is 5.75 Å². The van der Waals surface area contributed by atoms with Crippen molar-refractivity contribution in [2.75, 3.05) is 0 Å². The number of nitrogens with zero attached hydrogens (tertiary/aromatic N) is 1. The number of carbonyl (C=O) groups is 1. The highest BCUT2D eigenvalue weighted by molar-refractivity contribution is 5.89. The lowest BCUT2D eigenvalue weighted by Crippen LogP contribution is -2.31. The average Bonchev–Trinajstić information content (AvgIpc) is 2.63. The molecule has 0 spiro atoms. The van der Waals surface area contributed by atoms with Crippen LogP contribution < -0.4 is 0 Å². The largest absolute Gasteiger partial charge is 0.508 e. The van der Waals surface area contributed by atoms with E-state index in [1.54, 1.807) is 12.1 Å². The van der Waals surface area contributed by atoms with E-state index in [4.69, 9.17) is 4.74 Å². The van der Waals surface area contributed by atoms with Gasteiger partial charge in [0.2, 0.25) is 0 Å². The number of ether oxygens (including phenoxy) is 1. The van der Waals surface area contributed by atoms with Crippen LogP contribution in [0, 0.1) is 16.7 Å². The van der Waals surface area contributed by atoms with Crippen molar-refractivity contribution in [3.63, 3.8) is 0 Å². The number of nitriles is 1. The lowest BCUT2D eigenvalue weighted by Gasteiger charge is -2.34. The lowest BCUT2D eigenvalue weighted by molar-refractivity contribution is 0.0105. The van der Waals surface area contributed by atoms with Crippen LogP contribution in [0.25, 0.3) is 0 Å². The van der Waals surface area contributed by atoms with Gasteiger partial charge < -0.3 is 9.84 Å². The van der Waals surface area contributed by atoms with Crippen molar-refractivity contribution in [1.82, 2.24) is 0 Å². The minimum absolute atomic E-state index is 0.108. The van der Waals surface area contributed by atoms with Crippen molar-refractivity contribution in [2.24, 2.45) is 5.41 Å². The van der Waals surface area contributed by atoms with Gasteiger partial charge in [-0.3, -0.25) is 0 Å². The second-order valence-corrected chi connectivity index (χ2v) is 7.21. The van der Waals surface area contributed by atoms with Crippen molar-refractivity contribution in [2.45, 2.75) is 77.2 Å². The van der Waals surface area contributed by atoms with Gasteiger partial charge in [0.05, 0.1) is 17.0 Å². The average molecular weight is 343 g/mol. The topological polar surface area (TPSA) is 70.3 Å². The van der Waals surface area contributed by atoms with Crippen LogP contribution in [0.15, 0.2) is 24.3 Å². The van der Waals surface area contributed by atoms with Crippen LogP contribution in [-0.4, -0.2) is 17.2 Å². The fourth-order valence-corrected chi connectivity index (χ4v) is 3.56. The third-order valence-electron chi connectivity index (χ3n) is 5.26. The number of hydrogen-bond acceptors (Lipinski definition) is 4. The molecule has 0 atom stereocenters. The number of benzene rings is 1. The van der Waals surface area contributed by atoms with Gasteiger partial charge in [-0.1, -0.05) is 39.0 Å². The first-order valence-electron chi connectivity index (χ1n) is 9.50. The van der Waals surface area contributed by atoms with Gasteiger partial charge in [-0.15, -0.1) is 0 Å². The summed E-state index contributed by atoms with van der Waals surface area (Å²) in [6, 6.07) is 8.65. The Morgan fingerprint density at radius 2 is 1.84 bits per heavy atom. The maximum atomic E-state index is 12.2. The Morgan fingerprint density at radius 1 is 1.20 bits per heavy atom. The molecular formula is C21H29NO3. The minimum Gasteiger partial charge on any atom is -0.508 e. The number of aromatic hydroxyl groups is 1. The summed E-state index contributed by atoms with van der Waals surface area (Å²) in [5.74, 6) is -0.221. The molecule has 1 aliphatic carbocycles. The Morgan fingerprint density at radius 3 is 2.44 bits per heavy atom. The van der Waals surface area contributed by atoms with Crippen LogP contribution in [0.4, 0.5) is 0 Å². The Balaban J connectivity index is 1.78. The van der Waals surface area contributed by atoms with E-state index >= 15 is 0 Å². The van der Waals surface area contributed by atoms with Crippen LogP contribution in [0.3, 0.4) is 0 Å². The van der Waals surface area contributed by atoms with Gasteiger partial charge in [-0.25, -0.2) is 4.79 Å². The first kappa shape index (κ1) is 19.3. The van der Waals surface area contributed by atoms with E-state index in [0.29, 0.717) is 5.56 Å². The molecule has 1 saturated carbocycles. The molecule has 2 rings (SSSR count). The Kier molecular flexibility index (Phi) is 7.31. The van der Waals surface area contributed by atoms with E-state index in [1.165, 1.54) is 37.8 Å². The van der Waals surface area contributed by atoms with Crippen molar-refractivity contribution < 1.29 is 14.6 Å². The summed E-state index contributed by atoms with van der Waals surface area (Å²) in [5.41, 5.74) is 0.221. The molecule has 1 fully saturated rings. The monoisotopic (exact) mass is 343 g/mol. The van der Waals surface area contributed by atoms with Crippen LogP contribution in [0.1, 0.15) is 81.5 Å². The standard InChI is InChI=1S/C21H29NO3/c1-2-3-4-5-6-13-21(16-22)14-11-19(12-15-21)25-20(24)17-7-9-18(23)10-8-17/h7-10,19,23H,2-6,11-15H2,1H3. The Bertz CT molecular complexity index is 580. The first-order chi connectivity index (χ1) is 12.1. The molecule has 0 amide bonds. The van der Waals surface area contributed by atoms with Crippen molar-refractivity contribution in [3.8, 4) is 11.8 Å². The van der Waals surface area contributed by atoms with E-state index in [0.717, 1.165) is 38.5 Å². The van der Waals surface area contributed by atoms with E-state index in [-0.39, 0.29) is 23.2 Å². The van der Waals surface area contributed by atoms with Gasteiger partial charge in [-0.05, 0) is 56.4 Å². The number of rotatable bonds is 8. The van der Waals surface area contributed by atoms with Gasteiger partial charge in [0.15, 0.2) is 0 Å². The number of hydrogen-bond donors (Lipinski definition) is 1. The summed E-state index contributed by atoms with van der Waals surface area (Å²) in [4.78, 5) is 12.2. The van der Waals surface area contributed by atoms with Crippen molar-refractivity contribution in [1.29, 1.82) is 5.26 Å². The summed E-state index contributed by atoms with van der Waals surface area (Å²) < 4.78 is 5.58. The number of esters is 1. The second kappa shape index (κ2) is 9.46. The van der Waals surface area contributed by atoms with E-state index in [1.807, 2.05) is 0 Å². The van der Waals surface area contributed by atoms with Gasteiger partial charge in [0, 0.05) is 0 Å².